The summed E-state index contributed by atoms with van der Waals surface area (Å²) >= 11 is 0. The Bertz CT molecular complexity index is 348. The van der Waals surface area contributed by atoms with Crippen molar-refractivity contribution in [2.75, 3.05) is 0 Å². The van der Waals surface area contributed by atoms with Crippen LogP contribution in [0.25, 0.3) is 0 Å². The first kappa shape index (κ1) is 11.3. The van der Waals surface area contributed by atoms with E-state index in [4.69, 9.17) is 15.3 Å². The lowest BCUT2D eigenvalue weighted by atomic mass is 9.74. The SMILES string of the molecule is C=CCC(C#N)(C#N)C1CC(C)OC1=O. The van der Waals surface area contributed by atoms with Gasteiger partial charge in [-0.15, -0.1) is 6.58 Å². The van der Waals surface area contributed by atoms with Crippen molar-refractivity contribution in [1.29, 1.82) is 10.5 Å². The highest BCUT2D eigenvalue weighted by molar-refractivity contribution is 5.77. The molecular weight excluding hydrogens is 192 g/mol. The highest BCUT2D eigenvalue weighted by Gasteiger charge is 2.48. The summed E-state index contributed by atoms with van der Waals surface area (Å²) in [4.78, 5) is 11.5. The molecule has 0 aliphatic carbocycles. The van der Waals surface area contributed by atoms with Crippen LogP contribution in [0.15, 0.2) is 12.7 Å². The van der Waals surface area contributed by atoms with Crippen molar-refractivity contribution in [3.8, 4) is 12.1 Å². The Morgan fingerprint density at radius 1 is 1.67 bits per heavy atom. The van der Waals surface area contributed by atoms with Gasteiger partial charge in [-0.2, -0.15) is 10.5 Å². The highest BCUT2D eigenvalue weighted by atomic mass is 16.5. The molecule has 0 aromatic carbocycles. The molecule has 1 fully saturated rings. The van der Waals surface area contributed by atoms with Crippen molar-refractivity contribution in [2.45, 2.75) is 25.9 Å². The molecule has 0 bridgehead atoms. The first-order valence-electron chi connectivity index (χ1n) is 4.73. The Kier molecular flexibility index (Phi) is 3.11. The molecule has 0 saturated carbocycles. The predicted molar refractivity (Wildman–Crippen MR) is 52.1 cm³/mol. The first-order chi connectivity index (χ1) is 7.09. The van der Waals surface area contributed by atoms with Gasteiger partial charge in [0, 0.05) is 0 Å². The van der Waals surface area contributed by atoms with Gasteiger partial charge in [0.15, 0.2) is 5.41 Å². The maximum absolute atomic E-state index is 11.5. The zero-order valence-electron chi connectivity index (χ0n) is 8.56. The number of cyclic esters (lactones) is 1. The van der Waals surface area contributed by atoms with E-state index < -0.39 is 17.3 Å². The van der Waals surface area contributed by atoms with Crippen molar-refractivity contribution in [2.24, 2.45) is 11.3 Å². The molecule has 2 atom stereocenters. The predicted octanol–water partition coefficient (Wildman–Crippen LogP) is 1.55. The number of carbonyl (C=O) groups is 1. The Morgan fingerprint density at radius 2 is 2.27 bits per heavy atom. The maximum Gasteiger partial charge on any atom is 0.312 e. The summed E-state index contributed by atoms with van der Waals surface area (Å²) in [5.74, 6) is -1.10. The lowest BCUT2D eigenvalue weighted by Crippen LogP contribution is -2.30. The minimum Gasteiger partial charge on any atom is -0.462 e. The lowest BCUT2D eigenvalue weighted by molar-refractivity contribution is -0.145. The fraction of sp³-hybridized carbons (Fsp3) is 0.545. The van der Waals surface area contributed by atoms with E-state index in [2.05, 4.69) is 6.58 Å². The maximum atomic E-state index is 11.5. The van der Waals surface area contributed by atoms with Crippen LogP contribution >= 0.6 is 0 Å². The van der Waals surface area contributed by atoms with Gasteiger partial charge in [-0.25, -0.2) is 0 Å². The van der Waals surface area contributed by atoms with E-state index in [1.54, 1.807) is 6.92 Å². The molecule has 0 spiro atoms. The normalized spacial score (nSPS) is 25.1. The minimum absolute atomic E-state index is 0.187. The van der Waals surface area contributed by atoms with E-state index in [1.165, 1.54) is 6.08 Å². The average molecular weight is 204 g/mol. The van der Waals surface area contributed by atoms with Gasteiger partial charge in [-0.1, -0.05) is 6.08 Å². The second kappa shape index (κ2) is 4.14. The number of nitrogens with zero attached hydrogens (tertiary/aromatic N) is 2. The third-order valence-electron chi connectivity index (χ3n) is 2.63. The fourth-order valence-corrected chi connectivity index (χ4v) is 1.80. The van der Waals surface area contributed by atoms with Crippen LogP contribution in [0.5, 0.6) is 0 Å². The topological polar surface area (TPSA) is 73.9 Å². The molecule has 1 saturated heterocycles. The van der Waals surface area contributed by atoms with Gasteiger partial charge < -0.3 is 4.74 Å². The number of ether oxygens (including phenoxy) is 1. The summed E-state index contributed by atoms with van der Waals surface area (Å²) in [6, 6.07) is 3.85. The summed E-state index contributed by atoms with van der Waals surface area (Å²) in [5, 5.41) is 18.1. The smallest absolute Gasteiger partial charge is 0.312 e. The Balaban J connectivity index is 3.01. The Labute approximate surface area is 88.8 Å². The summed E-state index contributed by atoms with van der Waals surface area (Å²) < 4.78 is 4.95. The number of hydrogen-bond donors (Lipinski definition) is 0. The number of allylic oxidation sites excluding steroid dienone is 1. The molecule has 0 N–H and O–H groups in total. The molecule has 78 valence electrons. The van der Waals surface area contributed by atoms with Gasteiger partial charge in [-0.3, -0.25) is 4.79 Å². The third-order valence-corrected chi connectivity index (χ3v) is 2.63. The molecule has 4 nitrogen and oxygen atoms in total. The lowest BCUT2D eigenvalue weighted by Gasteiger charge is -2.20. The van der Waals surface area contributed by atoms with Crippen LogP contribution in [0.4, 0.5) is 0 Å². The minimum atomic E-state index is -1.32. The Morgan fingerprint density at radius 3 is 2.60 bits per heavy atom. The van der Waals surface area contributed by atoms with Crippen molar-refractivity contribution in [3.63, 3.8) is 0 Å². The summed E-state index contributed by atoms with van der Waals surface area (Å²) in [6.07, 6.45) is 1.89. The molecule has 1 aliphatic rings. The molecule has 1 heterocycles. The molecule has 1 rings (SSSR count). The van der Waals surface area contributed by atoms with E-state index in [0.29, 0.717) is 6.42 Å². The van der Waals surface area contributed by atoms with Crippen LogP contribution in [0.3, 0.4) is 0 Å². The second-order valence-electron chi connectivity index (χ2n) is 3.72. The van der Waals surface area contributed by atoms with Crippen LogP contribution in [0.1, 0.15) is 19.8 Å². The van der Waals surface area contributed by atoms with E-state index in [0.717, 1.165) is 0 Å². The summed E-state index contributed by atoms with van der Waals surface area (Å²) in [6.45, 7) is 5.26. The monoisotopic (exact) mass is 204 g/mol. The van der Waals surface area contributed by atoms with Gasteiger partial charge in [0.25, 0.3) is 0 Å². The number of hydrogen-bond acceptors (Lipinski definition) is 4. The van der Waals surface area contributed by atoms with Crippen molar-refractivity contribution < 1.29 is 9.53 Å². The summed E-state index contributed by atoms with van der Waals surface area (Å²) in [7, 11) is 0. The molecule has 2 unspecified atom stereocenters. The highest BCUT2D eigenvalue weighted by Crippen LogP contribution is 2.39. The molecule has 15 heavy (non-hydrogen) atoms. The van der Waals surface area contributed by atoms with E-state index in [1.807, 2.05) is 12.1 Å². The van der Waals surface area contributed by atoms with Gasteiger partial charge in [0.2, 0.25) is 0 Å². The number of carbonyl (C=O) groups excluding carboxylic acids is 1. The van der Waals surface area contributed by atoms with Gasteiger partial charge >= 0.3 is 5.97 Å². The fourth-order valence-electron chi connectivity index (χ4n) is 1.80. The van der Waals surface area contributed by atoms with Gasteiger partial charge in [0.05, 0.1) is 24.2 Å². The van der Waals surface area contributed by atoms with E-state index in [9.17, 15) is 4.79 Å². The molecule has 0 aromatic heterocycles. The van der Waals surface area contributed by atoms with E-state index >= 15 is 0 Å². The number of rotatable bonds is 3. The van der Waals surface area contributed by atoms with Crippen molar-refractivity contribution >= 4 is 5.97 Å². The number of esters is 1. The van der Waals surface area contributed by atoms with Crippen LogP contribution < -0.4 is 0 Å². The van der Waals surface area contributed by atoms with Crippen molar-refractivity contribution in [1.82, 2.24) is 0 Å². The van der Waals surface area contributed by atoms with E-state index in [-0.39, 0.29) is 12.5 Å². The van der Waals surface area contributed by atoms with Gasteiger partial charge in [0.1, 0.15) is 0 Å². The second-order valence-corrected chi connectivity index (χ2v) is 3.72. The molecule has 0 aromatic rings. The van der Waals surface area contributed by atoms with Crippen LogP contribution in [-0.2, 0) is 9.53 Å². The van der Waals surface area contributed by atoms with Crippen LogP contribution in [-0.4, -0.2) is 12.1 Å². The standard InChI is InChI=1S/C11H12N2O2/c1-3-4-11(6-12,7-13)9-5-8(2)15-10(9)14/h3,8-9H,1,4-5H2,2H3. The molecule has 0 amide bonds. The average Bonchev–Trinajstić information content (AvgIpc) is 2.55. The Hall–Kier alpha value is -1.81. The molecule has 0 radical (unpaired) electrons. The van der Waals surface area contributed by atoms with Gasteiger partial charge in [-0.05, 0) is 19.8 Å². The van der Waals surface area contributed by atoms with Crippen LogP contribution in [0.2, 0.25) is 0 Å². The molecular formula is C11H12N2O2. The zero-order valence-corrected chi connectivity index (χ0v) is 8.56. The number of nitriles is 2. The summed E-state index contributed by atoms with van der Waals surface area (Å²) in [5.41, 5.74) is -1.32. The van der Waals surface area contributed by atoms with Crippen LogP contribution in [0, 0.1) is 34.0 Å². The molecule has 4 heteroatoms. The molecule has 1 aliphatic heterocycles. The largest absolute Gasteiger partial charge is 0.462 e. The quantitative estimate of drug-likeness (QED) is 0.516. The van der Waals surface area contributed by atoms with Crippen molar-refractivity contribution in [3.05, 3.63) is 12.7 Å². The first-order valence-corrected chi connectivity index (χ1v) is 4.73. The third kappa shape index (κ3) is 1.85. The zero-order chi connectivity index (χ0) is 11.5.